The number of hydrogen-bond donors (Lipinski definition) is 2. The van der Waals surface area contributed by atoms with Crippen LogP contribution >= 0.6 is 0 Å². The van der Waals surface area contributed by atoms with Crippen LogP contribution < -0.4 is 10.1 Å². The van der Waals surface area contributed by atoms with Gasteiger partial charge in [0.05, 0.1) is 12.1 Å². The van der Waals surface area contributed by atoms with E-state index in [0.29, 0.717) is 0 Å². The summed E-state index contributed by atoms with van der Waals surface area (Å²) >= 11 is 0. The lowest BCUT2D eigenvalue weighted by atomic mass is 10.1. The van der Waals surface area contributed by atoms with Gasteiger partial charge in [0.1, 0.15) is 5.75 Å². The number of allylic oxidation sites excluding steroid dienone is 1. The number of aromatic nitrogens is 1. The largest absolute Gasteiger partial charge is 0.493 e. The normalized spacial score (nSPS) is 11.2. The van der Waals surface area contributed by atoms with Gasteiger partial charge >= 0.3 is 0 Å². The highest BCUT2D eigenvalue weighted by molar-refractivity contribution is 6.08. The number of hydrogen-bond acceptors (Lipinski definition) is 2. The summed E-state index contributed by atoms with van der Waals surface area (Å²) in [4.78, 5) is 3.56. The third-order valence-corrected chi connectivity index (χ3v) is 4.56. The summed E-state index contributed by atoms with van der Waals surface area (Å²) in [5.74, 6) is 0.965. The van der Waals surface area contributed by atoms with Crippen molar-refractivity contribution in [2.45, 2.75) is 32.6 Å². The highest BCUT2D eigenvalue weighted by Crippen LogP contribution is 2.33. The smallest absolute Gasteiger partial charge is 0.124 e. The molecule has 132 valence electrons. The average molecular weight is 336 g/mol. The Morgan fingerprint density at radius 3 is 2.76 bits per heavy atom. The second kappa shape index (κ2) is 8.72. The highest BCUT2D eigenvalue weighted by atomic mass is 16.5. The number of aromatic amines is 1. The van der Waals surface area contributed by atoms with Crippen LogP contribution in [0.15, 0.2) is 49.1 Å². The number of H-pyrrole nitrogens is 1. The summed E-state index contributed by atoms with van der Waals surface area (Å²) in [6.45, 7) is 8.96. The Morgan fingerprint density at radius 1 is 1.08 bits per heavy atom. The summed E-state index contributed by atoms with van der Waals surface area (Å²) in [6.07, 6.45) is 6.23. The zero-order chi connectivity index (χ0) is 17.5. The Hall–Kier alpha value is -2.26. The van der Waals surface area contributed by atoms with Crippen molar-refractivity contribution in [3.8, 4) is 5.75 Å². The van der Waals surface area contributed by atoms with Gasteiger partial charge in [0.15, 0.2) is 0 Å². The van der Waals surface area contributed by atoms with E-state index in [9.17, 15) is 0 Å². The molecule has 0 amide bonds. The van der Waals surface area contributed by atoms with Crippen LogP contribution in [0.1, 0.15) is 31.7 Å². The molecular weight excluding hydrogens is 308 g/mol. The molecule has 2 N–H and O–H groups in total. The number of rotatable bonds is 10. The molecule has 25 heavy (non-hydrogen) atoms. The second-order valence-electron chi connectivity index (χ2n) is 6.43. The summed E-state index contributed by atoms with van der Waals surface area (Å²) < 4.78 is 6.09. The number of nitrogens with one attached hydrogen (secondary N) is 2. The lowest BCUT2D eigenvalue weighted by molar-refractivity contribution is 0.306. The number of fused-ring (bicyclic) bond motifs is 3. The predicted molar refractivity (Wildman–Crippen MR) is 108 cm³/mol. The van der Waals surface area contributed by atoms with Gasteiger partial charge in [0.2, 0.25) is 0 Å². The molecule has 0 unspecified atom stereocenters. The fourth-order valence-corrected chi connectivity index (χ4v) is 3.25. The van der Waals surface area contributed by atoms with Gasteiger partial charge in [-0.2, -0.15) is 0 Å². The van der Waals surface area contributed by atoms with E-state index in [4.69, 9.17) is 4.74 Å². The lowest BCUT2D eigenvalue weighted by Gasteiger charge is -2.12. The number of unbranched alkanes of at least 4 members (excludes halogenated alkanes) is 1. The number of ether oxygens (including phenoxy) is 1. The molecule has 1 aromatic heterocycles. The van der Waals surface area contributed by atoms with E-state index in [0.717, 1.165) is 38.3 Å². The van der Waals surface area contributed by atoms with Gasteiger partial charge in [-0.15, -0.1) is 6.58 Å². The first kappa shape index (κ1) is 17.6. The van der Waals surface area contributed by atoms with E-state index in [-0.39, 0.29) is 0 Å². The third-order valence-electron chi connectivity index (χ3n) is 4.56. The molecule has 3 nitrogen and oxygen atoms in total. The first-order valence-corrected chi connectivity index (χ1v) is 9.32. The van der Waals surface area contributed by atoms with E-state index < -0.39 is 0 Å². The molecule has 3 heteroatoms. The maximum absolute atomic E-state index is 6.09. The van der Waals surface area contributed by atoms with E-state index in [1.54, 1.807) is 0 Å². The molecular formula is C22H28N2O. The number of benzene rings is 2. The molecule has 0 saturated carbocycles. The van der Waals surface area contributed by atoms with Crippen LogP contribution in [0.3, 0.4) is 0 Å². The van der Waals surface area contributed by atoms with Crippen LogP contribution in [-0.2, 0) is 6.42 Å². The molecule has 0 saturated heterocycles. The third kappa shape index (κ3) is 4.05. The van der Waals surface area contributed by atoms with Crippen molar-refractivity contribution in [3.05, 3.63) is 54.6 Å². The average Bonchev–Trinajstić information content (AvgIpc) is 3.01. The molecule has 0 fully saturated rings. The van der Waals surface area contributed by atoms with Crippen LogP contribution in [0.2, 0.25) is 0 Å². The summed E-state index contributed by atoms with van der Waals surface area (Å²) in [7, 11) is 0. The Balaban J connectivity index is 1.75. The molecule has 0 aliphatic heterocycles. The molecule has 1 heterocycles. The Labute approximate surface area is 150 Å². The van der Waals surface area contributed by atoms with Gasteiger partial charge in [-0.3, -0.25) is 0 Å². The fraction of sp³-hybridized carbons (Fsp3) is 0.364. The topological polar surface area (TPSA) is 37.0 Å². The molecule has 3 rings (SSSR count). The maximum atomic E-state index is 6.09. The molecule has 0 aliphatic rings. The molecule has 2 aromatic carbocycles. The summed E-state index contributed by atoms with van der Waals surface area (Å²) in [5, 5.41) is 5.97. The van der Waals surface area contributed by atoms with Crippen LogP contribution in [0, 0.1) is 0 Å². The Morgan fingerprint density at radius 2 is 1.92 bits per heavy atom. The summed E-state index contributed by atoms with van der Waals surface area (Å²) in [6, 6.07) is 12.7. The van der Waals surface area contributed by atoms with Crippen LogP contribution in [0.5, 0.6) is 5.75 Å². The van der Waals surface area contributed by atoms with Crippen molar-refractivity contribution in [2.75, 3.05) is 19.7 Å². The SMILES string of the molecule is C=CCc1c(OCCCNCCCC)ccc2c1[nH]c1ccccc12. The van der Waals surface area contributed by atoms with E-state index in [1.807, 2.05) is 6.08 Å². The van der Waals surface area contributed by atoms with E-state index in [1.165, 1.54) is 40.2 Å². The standard InChI is InChI=1S/C22H28N2O/c1-3-5-14-23-15-8-16-25-21-13-12-18-17-10-6-7-11-20(17)24-22(18)19(21)9-4-2/h4,6-7,10-13,23-24H,2-3,5,8-9,14-16H2,1H3. The second-order valence-corrected chi connectivity index (χ2v) is 6.43. The first-order valence-electron chi connectivity index (χ1n) is 9.32. The maximum Gasteiger partial charge on any atom is 0.124 e. The van der Waals surface area contributed by atoms with E-state index in [2.05, 4.69) is 60.2 Å². The van der Waals surface area contributed by atoms with Crippen molar-refractivity contribution < 1.29 is 4.74 Å². The molecule has 0 spiro atoms. The van der Waals surface area contributed by atoms with Gasteiger partial charge in [-0.1, -0.05) is 37.6 Å². The molecule has 0 radical (unpaired) electrons. The quantitative estimate of drug-likeness (QED) is 0.394. The fourth-order valence-electron chi connectivity index (χ4n) is 3.25. The highest BCUT2D eigenvalue weighted by Gasteiger charge is 2.12. The number of para-hydroxylation sites is 1. The monoisotopic (exact) mass is 336 g/mol. The Kier molecular flexibility index (Phi) is 6.13. The summed E-state index contributed by atoms with van der Waals surface area (Å²) in [5.41, 5.74) is 3.53. The van der Waals surface area contributed by atoms with Crippen LogP contribution in [0.4, 0.5) is 0 Å². The van der Waals surface area contributed by atoms with Crippen LogP contribution in [-0.4, -0.2) is 24.7 Å². The lowest BCUT2D eigenvalue weighted by Crippen LogP contribution is -2.18. The van der Waals surface area contributed by atoms with Gasteiger partial charge < -0.3 is 15.0 Å². The minimum atomic E-state index is 0.731. The van der Waals surface area contributed by atoms with Crippen molar-refractivity contribution in [3.63, 3.8) is 0 Å². The van der Waals surface area contributed by atoms with Crippen molar-refractivity contribution in [2.24, 2.45) is 0 Å². The minimum Gasteiger partial charge on any atom is -0.493 e. The zero-order valence-corrected chi connectivity index (χ0v) is 15.1. The van der Waals surface area contributed by atoms with Crippen molar-refractivity contribution in [1.29, 1.82) is 0 Å². The van der Waals surface area contributed by atoms with E-state index >= 15 is 0 Å². The molecule has 0 aliphatic carbocycles. The zero-order valence-electron chi connectivity index (χ0n) is 15.1. The molecule has 0 bridgehead atoms. The van der Waals surface area contributed by atoms with Gasteiger partial charge in [-0.05, 0) is 50.6 Å². The molecule has 0 atom stereocenters. The van der Waals surface area contributed by atoms with Crippen LogP contribution in [0.25, 0.3) is 21.8 Å². The van der Waals surface area contributed by atoms with Crippen molar-refractivity contribution >= 4 is 21.8 Å². The van der Waals surface area contributed by atoms with Gasteiger partial charge in [-0.25, -0.2) is 0 Å². The minimum absolute atomic E-state index is 0.731. The predicted octanol–water partition coefficient (Wildman–Crippen LogP) is 5.21. The Bertz CT molecular complexity index is 835. The molecule has 3 aromatic rings. The van der Waals surface area contributed by atoms with Gasteiger partial charge in [0, 0.05) is 21.9 Å². The first-order chi connectivity index (χ1) is 12.3. The van der Waals surface area contributed by atoms with Gasteiger partial charge in [0.25, 0.3) is 0 Å². The van der Waals surface area contributed by atoms with Crippen molar-refractivity contribution in [1.82, 2.24) is 10.3 Å².